The normalized spacial score (nSPS) is 17.7. The number of hydrogen-bond donors (Lipinski definition) is 1. The van der Waals surface area contributed by atoms with Crippen molar-refractivity contribution in [1.82, 2.24) is 4.90 Å². The second-order valence-electron chi connectivity index (χ2n) is 6.77. The molecule has 27 heavy (non-hydrogen) atoms. The number of phosphoric acid groups is 1. The third kappa shape index (κ3) is 7.89. The first kappa shape index (κ1) is 24.1. The highest BCUT2D eigenvalue weighted by atomic mass is 31.2. The Morgan fingerprint density at radius 1 is 1.19 bits per heavy atom. The first-order valence-corrected chi connectivity index (χ1v) is 10.6. The third-order valence-electron chi connectivity index (χ3n) is 3.41. The van der Waals surface area contributed by atoms with E-state index in [0.717, 1.165) is 0 Å². The van der Waals surface area contributed by atoms with Crippen LogP contribution in [-0.4, -0.2) is 60.9 Å². The summed E-state index contributed by atoms with van der Waals surface area (Å²) >= 11 is 0. The Kier molecular flexibility index (Phi) is 9.41. The highest BCUT2D eigenvalue weighted by Gasteiger charge is 2.36. The maximum Gasteiger partial charge on any atom is 0.529 e. The van der Waals surface area contributed by atoms with Gasteiger partial charge in [0, 0.05) is 19.5 Å². The molecule has 0 amide bonds. The van der Waals surface area contributed by atoms with Crippen LogP contribution in [-0.2, 0) is 32.4 Å². The minimum Gasteiger partial charge on any atom is -0.462 e. The second-order valence-corrected chi connectivity index (χ2v) is 8.37. The fraction of sp³-hybridized carbons (Fsp3) is 0.824. The molecule has 0 saturated heterocycles. The SMILES string of the molecule is CCOC(=O)C1=C(OP(=O)(OCC)OCC)CCN(C(O)OC(C)(C)C)C1. The highest BCUT2D eigenvalue weighted by Crippen LogP contribution is 2.52. The molecule has 1 unspecified atom stereocenters. The molecule has 0 radical (unpaired) electrons. The van der Waals surface area contributed by atoms with E-state index >= 15 is 0 Å². The van der Waals surface area contributed by atoms with Gasteiger partial charge in [-0.1, -0.05) is 0 Å². The predicted octanol–water partition coefficient (Wildman–Crippen LogP) is 2.80. The fourth-order valence-electron chi connectivity index (χ4n) is 2.38. The molecular formula is C17H32NO8P. The molecule has 0 aromatic rings. The molecule has 1 rings (SSSR count). The molecule has 0 aliphatic carbocycles. The molecular weight excluding hydrogens is 377 g/mol. The van der Waals surface area contributed by atoms with Crippen LogP contribution in [0.4, 0.5) is 0 Å². The fourth-order valence-corrected chi connectivity index (χ4v) is 3.67. The molecule has 0 aromatic heterocycles. The second kappa shape index (κ2) is 10.5. The van der Waals surface area contributed by atoms with Crippen molar-refractivity contribution in [3.63, 3.8) is 0 Å². The van der Waals surface area contributed by atoms with Crippen molar-refractivity contribution < 1.29 is 37.5 Å². The van der Waals surface area contributed by atoms with Gasteiger partial charge in [-0.15, -0.1) is 0 Å². The Balaban J connectivity index is 3.07. The lowest BCUT2D eigenvalue weighted by molar-refractivity contribution is -0.238. The summed E-state index contributed by atoms with van der Waals surface area (Å²) in [6, 6.07) is 0. The van der Waals surface area contributed by atoms with Crippen molar-refractivity contribution >= 4 is 13.8 Å². The number of aliphatic hydroxyl groups is 1. The average Bonchev–Trinajstić information content (AvgIpc) is 2.54. The lowest BCUT2D eigenvalue weighted by atomic mass is 10.1. The van der Waals surface area contributed by atoms with Gasteiger partial charge in [0.25, 0.3) is 0 Å². The van der Waals surface area contributed by atoms with Crippen molar-refractivity contribution in [2.75, 3.05) is 32.9 Å². The zero-order chi connectivity index (χ0) is 20.7. The summed E-state index contributed by atoms with van der Waals surface area (Å²) in [4.78, 5) is 13.9. The molecule has 0 bridgehead atoms. The molecule has 0 saturated carbocycles. The van der Waals surface area contributed by atoms with Crippen LogP contribution in [0.25, 0.3) is 0 Å². The number of nitrogens with zero attached hydrogens (tertiary/aromatic N) is 1. The number of carbonyl (C=O) groups is 1. The summed E-state index contributed by atoms with van der Waals surface area (Å²) in [6.45, 7) is 11.2. The first-order chi connectivity index (χ1) is 12.5. The Hall–Kier alpha value is -0.960. The summed E-state index contributed by atoms with van der Waals surface area (Å²) in [5.74, 6) is -0.433. The molecule has 10 heteroatoms. The number of aliphatic hydroxyl groups excluding tert-OH is 1. The Labute approximate surface area is 161 Å². The minimum absolute atomic E-state index is 0.0175. The lowest BCUT2D eigenvalue weighted by Crippen LogP contribution is -2.46. The monoisotopic (exact) mass is 409 g/mol. The van der Waals surface area contributed by atoms with Crippen molar-refractivity contribution in [2.24, 2.45) is 0 Å². The van der Waals surface area contributed by atoms with Crippen LogP contribution in [0.2, 0.25) is 0 Å². The van der Waals surface area contributed by atoms with Gasteiger partial charge in [0.05, 0.1) is 31.0 Å². The largest absolute Gasteiger partial charge is 0.529 e. The summed E-state index contributed by atoms with van der Waals surface area (Å²) in [5, 5.41) is 10.3. The number of rotatable bonds is 10. The topological polar surface area (TPSA) is 104 Å². The highest BCUT2D eigenvalue weighted by molar-refractivity contribution is 7.48. The van der Waals surface area contributed by atoms with E-state index in [4.69, 9.17) is 23.0 Å². The van der Waals surface area contributed by atoms with Gasteiger partial charge in [-0.3, -0.25) is 13.9 Å². The van der Waals surface area contributed by atoms with E-state index in [1.807, 2.05) is 20.8 Å². The minimum atomic E-state index is -3.84. The zero-order valence-corrected chi connectivity index (χ0v) is 17.9. The summed E-state index contributed by atoms with van der Waals surface area (Å²) in [6.07, 6.45) is -0.996. The Morgan fingerprint density at radius 3 is 2.26 bits per heavy atom. The van der Waals surface area contributed by atoms with Crippen LogP contribution in [0.15, 0.2) is 11.3 Å². The number of phosphoric ester groups is 1. The van der Waals surface area contributed by atoms with Gasteiger partial charge in [0.2, 0.25) is 6.41 Å². The molecule has 1 atom stereocenters. The first-order valence-electron chi connectivity index (χ1n) is 9.13. The Morgan fingerprint density at radius 2 is 1.78 bits per heavy atom. The van der Waals surface area contributed by atoms with Crippen LogP contribution >= 0.6 is 7.82 Å². The van der Waals surface area contributed by atoms with Crippen molar-refractivity contribution in [1.29, 1.82) is 0 Å². The van der Waals surface area contributed by atoms with Gasteiger partial charge in [-0.25, -0.2) is 9.36 Å². The van der Waals surface area contributed by atoms with Gasteiger partial charge < -0.3 is 19.1 Å². The van der Waals surface area contributed by atoms with Crippen molar-refractivity contribution in [3.8, 4) is 0 Å². The van der Waals surface area contributed by atoms with Crippen molar-refractivity contribution in [2.45, 2.75) is 60.0 Å². The van der Waals surface area contributed by atoms with E-state index in [9.17, 15) is 14.5 Å². The van der Waals surface area contributed by atoms with Crippen molar-refractivity contribution in [3.05, 3.63) is 11.3 Å². The molecule has 1 aliphatic rings. The number of esters is 1. The van der Waals surface area contributed by atoms with Gasteiger partial charge in [-0.2, -0.15) is 0 Å². The van der Waals surface area contributed by atoms with E-state index in [2.05, 4.69) is 0 Å². The zero-order valence-electron chi connectivity index (χ0n) is 17.0. The molecule has 1 aliphatic heterocycles. The summed E-state index contributed by atoms with van der Waals surface area (Å²) in [7, 11) is -3.84. The van der Waals surface area contributed by atoms with Gasteiger partial charge >= 0.3 is 13.8 Å². The van der Waals surface area contributed by atoms with Crippen LogP contribution in [0.3, 0.4) is 0 Å². The molecule has 158 valence electrons. The third-order valence-corrected chi connectivity index (χ3v) is 5.01. The van der Waals surface area contributed by atoms with E-state index in [0.29, 0.717) is 6.54 Å². The molecule has 1 N–H and O–H groups in total. The average molecular weight is 409 g/mol. The Bertz CT molecular complexity index is 562. The predicted molar refractivity (Wildman–Crippen MR) is 98.6 cm³/mol. The molecule has 0 aromatic carbocycles. The van der Waals surface area contributed by atoms with Crippen LogP contribution in [0.1, 0.15) is 48.0 Å². The van der Waals surface area contributed by atoms with E-state index < -0.39 is 25.8 Å². The summed E-state index contributed by atoms with van der Waals surface area (Å²) in [5.41, 5.74) is -0.414. The van der Waals surface area contributed by atoms with Crippen LogP contribution in [0, 0.1) is 0 Å². The van der Waals surface area contributed by atoms with Gasteiger partial charge in [0.1, 0.15) is 5.76 Å². The lowest BCUT2D eigenvalue weighted by Gasteiger charge is -2.36. The number of ether oxygens (including phenoxy) is 2. The van der Waals surface area contributed by atoms with E-state index in [-0.39, 0.29) is 44.1 Å². The standard InChI is InChI=1S/C17H32NO8P/c1-7-22-15(19)13-12-18(16(20)25-17(4,5)6)11-10-14(13)26-27(21,23-8-2)24-9-3/h16,20H,7-12H2,1-6H3. The van der Waals surface area contributed by atoms with E-state index in [1.165, 1.54) is 0 Å². The smallest absolute Gasteiger partial charge is 0.462 e. The maximum atomic E-state index is 12.7. The maximum absolute atomic E-state index is 12.7. The quantitative estimate of drug-likeness (QED) is 0.331. The number of hydrogen-bond acceptors (Lipinski definition) is 9. The van der Waals surface area contributed by atoms with E-state index in [1.54, 1.807) is 25.7 Å². The molecule has 0 spiro atoms. The number of carbonyl (C=O) groups excluding carboxylic acids is 1. The summed E-state index contributed by atoms with van der Waals surface area (Å²) < 4.78 is 39.1. The molecule has 0 fully saturated rings. The van der Waals surface area contributed by atoms with Gasteiger partial charge in [-0.05, 0) is 41.5 Å². The van der Waals surface area contributed by atoms with Gasteiger partial charge in [0.15, 0.2) is 0 Å². The van der Waals surface area contributed by atoms with Crippen LogP contribution < -0.4 is 0 Å². The molecule has 1 heterocycles. The van der Waals surface area contributed by atoms with Crippen LogP contribution in [0.5, 0.6) is 0 Å². The molecule has 9 nitrogen and oxygen atoms in total.